The van der Waals surface area contributed by atoms with Crippen LogP contribution in [-0.4, -0.2) is 39.4 Å². The van der Waals surface area contributed by atoms with Crippen molar-refractivity contribution in [3.8, 4) is 11.4 Å². The second kappa shape index (κ2) is 8.93. The number of hydrogen-bond acceptors (Lipinski definition) is 6. The quantitative estimate of drug-likeness (QED) is 0.601. The molecule has 5 rings (SSSR count). The number of nitrogens with one attached hydrogen (secondary N) is 2. The van der Waals surface area contributed by atoms with E-state index >= 15 is 0 Å². The molecule has 2 heterocycles. The molecule has 30 heavy (non-hydrogen) atoms. The number of piperidine rings is 1. The largest absolute Gasteiger partial charge is 0.493 e. The summed E-state index contributed by atoms with van der Waals surface area (Å²) in [5.41, 5.74) is 3.42. The van der Waals surface area contributed by atoms with E-state index in [1.54, 1.807) is 11.0 Å². The van der Waals surface area contributed by atoms with E-state index in [4.69, 9.17) is 4.74 Å². The Hall–Kier alpha value is -2.77. The third-order valence-electron chi connectivity index (χ3n) is 6.00. The molecule has 156 valence electrons. The van der Waals surface area contributed by atoms with E-state index in [0.717, 1.165) is 49.0 Å². The van der Waals surface area contributed by atoms with Gasteiger partial charge in [0.1, 0.15) is 12.1 Å². The molecule has 1 aliphatic heterocycles. The van der Waals surface area contributed by atoms with Gasteiger partial charge in [-0.25, -0.2) is 4.68 Å². The first-order chi connectivity index (χ1) is 14.9. The summed E-state index contributed by atoms with van der Waals surface area (Å²) < 4.78 is 7.85. The summed E-state index contributed by atoms with van der Waals surface area (Å²) >= 11 is 0. The van der Waals surface area contributed by atoms with Crippen LogP contribution in [0.4, 0.5) is 0 Å². The van der Waals surface area contributed by atoms with Gasteiger partial charge in [0.2, 0.25) is 0 Å². The molecule has 1 saturated heterocycles. The summed E-state index contributed by atoms with van der Waals surface area (Å²) in [4.78, 5) is 0. The minimum absolute atomic E-state index is 0.318. The van der Waals surface area contributed by atoms with Crippen molar-refractivity contribution in [3.05, 3.63) is 66.0 Å². The smallest absolute Gasteiger partial charge is 0.143 e. The lowest BCUT2D eigenvalue weighted by atomic mass is 9.92. The summed E-state index contributed by atoms with van der Waals surface area (Å²) in [7, 11) is 0. The molecule has 1 aliphatic carbocycles. The van der Waals surface area contributed by atoms with Gasteiger partial charge in [-0.15, -0.1) is 5.10 Å². The Morgan fingerprint density at radius 2 is 2.00 bits per heavy atom. The van der Waals surface area contributed by atoms with Crippen molar-refractivity contribution >= 4 is 0 Å². The summed E-state index contributed by atoms with van der Waals surface area (Å²) in [6.07, 6.45) is 6.51. The predicted octanol–water partition coefficient (Wildman–Crippen LogP) is 3.03. The SMILES string of the molecule is c1ccc([C@@H]2NCCC[C@@H]2NCc2cc(-n3cnnn3)ccc2OCC2CC2)cc1. The fraction of sp³-hybridized carbons (Fsp3) is 0.435. The normalized spacial score (nSPS) is 21.5. The highest BCUT2D eigenvalue weighted by molar-refractivity contribution is 5.43. The van der Waals surface area contributed by atoms with Gasteiger partial charge >= 0.3 is 0 Å². The molecule has 2 aliphatic rings. The van der Waals surface area contributed by atoms with Gasteiger partial charge < -0.3 is 15.4 Å². The highest BCUT2D eigenvalue weighted by Gasteiger charge is 2.26. The van der Waals surface area contributed by atoms with Crippen LogP contribution in [-0.2, 0) is 6.54 Å². The van der Waals surface area contributed by atoms with E-state index < -0.39 is 0 Å². The van der Waals surface area contributed by atoms with Crippen molar-refractivity contribution in [1.82, 2.24) is 30.8 Å². The number of aromatic nitrogens is 4. The van der Waals surface area contributed by atoms with E-state index in [9.17, 15) is 0 Å². The molecule has 0 unspecified atom stereocenters. The van der Waals surface area contributed by atoms with Crippen LogP contribution in [0.1, 0.15) is 42.9 Å². The van der Waals surface area contributed by atoms with Gasteiger partial charge in [-0.2, -0.15) is 0 Å². The van der Waals surface area contributed by atoms with E-state index in [-0.39, 0.29) is 0 Å². The number of ether oxygens (including phenoxy) is 1. The molecule has 7 nitrogen and oxygen atoms in total. The molecule has 2 aromatic carbocycles. The average Bonchev–Trinajstić information content (AvgIpc) is 3.47. The van der Waals surface area contributed by atoms with Crippen molar-refractivity contribution in [3.63, 3.8) is 0 Å². The zero-order valence-corrected chi connectivity index (χ0v) is 17.1. The molecule has 1 saturated carbocycles. The summed E-state index contributed by atoms with van der Waals surface area (Å²) in [6.45, 7) is 2.60. The Labute approximate surface area is 176 Å². The molecular formula is C23H28N6O. The highest BCUT2D eigenvalue weighted by Crippen LogP contribution is 2.31. The third kappa shape index (κ3) is 4.52. The standard InChI is InChI=1S/C23H28N6O/c1-2-5-18(6-3-1)23-21(7-4-12-24-23)25-14-19-13-20(29-16-26-27-28-29)10-11-22(19)30-15-17-8-9-17/h1-3,5-6,10-11,13,16-17,21,23-25H,4,7-9,12,14-15H2/t21-,23-/m0/s1. The van der Waals surface area contributed by atoms with Crippen molar-refractivity contribution in [2.75, 3.05) is 13.2 Å². The molecule has 7 heteroatoms. The summed E-state index contributed by atoms with van der Waals surface area (Å²) in [6, 6.07) is 17.6. The van der Waals surface area contributed by atoms with Crippen molar-refractivity contribution in [2.45, 2.75) is 44.3 Å². The molecule has 0 bridgehead atoms. The van der Waals surface area contributed by atoms with Gasteiger partial charge in [-0.1, -0.05) is 30.3 Å². The van der Waals surface area contributed by atoms with Crippen molar-refractivity contribution in [2.24, 2.45) is 5.92 Å². The number of benzene rings is 2. The van der Waals surface area contributed by atoms with E-state index in [0.29, 0.717) is 12.1 Å². The van der Waals surface area contributed by atoms with E-state index in [1.807, 2.05) is 12.1 Å². The minimum atomic E-state index is 0.318. The number of nitrogens with zero attached hydrogens (tertiary/aromatic N) is 4. The number of rotatable bonds is 8. The Balaban J connectivity index is 1.34. The van der Waals surface area contributed by atoms with E-state index in [2.05, 4.69) is 62.6 Å². The third-order valence-corrected chi connectivity index (χ3v) is 6.00. The van der Waals surface area contributed by atoms with Crippen LogP contribution in [0.3, 0.4) is 0 Å². The number of hydrogen-bond donors (Lipinski definition) is 2. The maximum absolute atomic E-state index is 6.17. The lowest BCUT2D eigenvalue weighted by molar-refractivity contribution is 0.287. The first-order valence-corrected chi connectivity index (χ1v) is 10.9. The predicted molar refractivity (Wildman–Crippen MR) is 114 cm³/mol. The second-order valence-electron chi connectivity index (χ2n) is 8.27. The van der Waals surface area contributed by atoms with Crippen LogP contribution in [0.2, 0.25) is 0 Å². The van der Waals surface area contributed by atoms with Gasteiger partial charge in [0.15, 0.2) is 0 Å². The van der Waals surface area contributed by atoms with Crippen LogP contribution < -0.4 is 15.4 Å². The summed E-state index contributed by atoms with van der Waals surface area (Å²) in [5, 5.41) is 19.0. The maximum Gasteiger partial charge on any atom is 0.143 e. The zero-order valence-electron chi connectivity index (χ0n) is 17.1. The van der Waals surface area contributed by atoms with Crippen LogP contribution in [0.5, 0.6) is 5.75 Å². The fourth-order valence-corrected chi connectivity index (χ4v) is 4.12. The molecule has 1 aromatic heterocycles. The van der Waals surface area contributed by atoms with Gasteiger partial charge in [-0.3, -0.25) is 0 Å². The molecule has 0 radical (unpaired) electrons. The number of tetrazole rings is 1. The van der Waals surface area contributed by atoms with Crippen molar-refractivity contribution < 1.29 is 4.74 Å². The Bertz CT molecular complexity index is 942. The maximum atomic E-state index is 6.17. The van der Waals surface area contributed by atoms with Gasteiger partial charge in [0.25, 0.3) is 0 Å². The fourth-order valence-electron chi connectivity index (χ4n) is 4.12. The van der Waals surface area contributed by atoms with Gasteiger partial charge in [0, 0.05) is 24.2 Å². The monoisotopic (exact) mass is 404 g/mol. The Kier molecular flexibility index (Phi) is 5.72. The first-order valence-electron chi connectivity index (χ1n) is 10.9. The van der Waals surface area contributed by atoms with E-state index in [1.165, 1.54) is 24.8 Å². The van der Waals surface area contributed by atoms with Gasteiger partial charge in [0.05, 0.1) is 12.3 Å². The molecule has 0 spiro atoms. The first kappa shape index (κ1) is 19.2. The second-order valence-corrected chi connectivity index (χ2v) is 8.27. The van der Waals surface area contributed by atoms with Crippen LogP contribution in [0.25, 0.3) is 5.69 Å². The van der Waals surface area contributed by atoms with Crippen LogP contribution in [0.15, 0.2) is 54.9 Å². The topological polar surface area (TPSA) is 76.9 Å². The molecular weight excluding hydrogens is 376 g/mol. The lowest BCUT2D eigenvalue weighted by Crippen LogP contribution is -2.45. The molecule has 2 fully saturated rings. The minimum Gasteiger partial charge on any atom is -0.493 e. The van der Waals surface area contributed by atoms with Gasteiger partial charge in [-0.05, 0) is 72.3 Å². The van der Waals surface area contributed by atoms with Crippen LogP contribution >= 0.6 is 0 Å². The van der Waals surface area contributed by atoms with Crippen molar-refractivity contribution in [1.29, 1.82) is 0 Å². The Morgan fingerprint density at radius 1 is 1.10 bits per heavy atom. The molecule has 2 atom stereocenters. The average molecular weight is 405 g/mol. The summed E-state index contributed by atoms with van der Waals surface area (Å²) in [5.74, 6) is 1.67. The zero-order chi connectivity index (χ0) is 20.2. The molecule has 3 aromatic rings. The molecule has 0 amide bonds. The Morgan fingerprint density at radius 3 is 2.80 bits per heavy atom. The lowest BCUT2D eigenvalue weighted by Gasteiger charge is -2.34. The van der Waals surface area contributed by atoms with Crippen LogP contribution in [0, 0.1) is 5.92 Å². The highest BCUT2D eigenvalue weighted by atomic mass is 16.5. The molecule has 2 N–H and O–H groups in total.